The van der Waals surface area contributed by atoms with Crippen LogP contribution in [0.4, 0.5) is 0 Å². The summed E-state index contributed by atoms with van der Waals surface area (Å²) in [5, 5.41) is 3.47. The van der Waals surface area contributed by atoms with Crippen molar-refractivity contribution in [2.24, 2.45) is 10.9 Å². The first-order valence-electron chi connectivity index (χ1n) is 10.2. The molecule has 0 radical (unpaired) electrons. The summed E-state index contributed by atoms with van der Waals surface area (Å²) in [4.78, 5) is 9.37. The lowest BCUT2D eigenvalue weighted by atomic mass is 10.1. The van der Waals surface area contributed by atoms with Crippen molar-refractivity contribution in [3.8, 4) is 11.5 Å². The fourth-order valence-corrected chi connectivity index (χ4v) is 3.82. The minimum absolute atomic E-state index is 0.0388. The molecular weight excluding hydrogens is 356 g/mol. The number of aliphatic imine (C=N–C) groups is 1. The average Bonchev–Trinajstić information content (AvgIpc) is 3.18. The zero-order valence-corrected chi connectivity index (χ0v) is 17.4. The number of morpholine rings is 1. The van der Waals surface area contributed by atoms with Crippen LogP contribution in [-0.2, 0) is 4.74 Å². The molecule has 7 nitrogen and oxygen atoms in total. The molecule has 0 spiro atoms. The second-order valence-electron chi connectivity index (χ2n) is 7.55. The summed E-state index contributed by atoms with van der Waals surface area (Å²) >= 11 is 0. The third-order valence-electron chi connectivity index (χ3n) is 5.36. The predicted molar refractivity (Wildman–Crippen MR) is 111 cm³/mol. The van der Waals surface area contributed by atoms with E-state index in [1.807, 2.05) is 31.3 Å². The molecule has 2 unspecified atom stereocenters. The molecule has 2 aliphatic rings. The fraction of sp³-hybridized carbons (Fsp3) is 0.667. The lowest BCUT2D eigenvalue weighted by molar-refractivity contribution is 0.0315. The summed E-state index contributed by atoms with van der Waals surface area (Å²) in [6, 6.07) is 7.68. The topological polar surface area (TPSA) is 58.6 Å². The molecule has 2 atom stereocenters. The van der Waals surface area contributed by atoms with Crippen LogP contribution in [0.3, 0.4) is 0 Å². The van der Waals surface area contributed by atoms with Gasteiger partial charge in [-0.3, -0.25) is 9.89 Å². The van der Waals surface area contributed by atoms with E-state index in [4.69, 9.17) is 14.2 Å². The molecule has 1 aromatic carbocycles. The maximum Gasteiger partial charge on any atom is 0.193 e. The second-order valence-corrected chi connectivity index (χ2v) is 7.55. The van der Waals surface area contributed by atoms with E-state index in [1.165, 1.54) is 6.42 Å². The van der Waals surface area contributed by atoms with Crippen LogP contribution < -0.4 is 14.8 Å². The molecule has 0 saturated carbocycles. The Morgan fingerprint density at radius 3 is 2.61 bits per heavy atom. The Morgan fingerprint density at radius 2 is 1.93 bits per heavy atom. The Balaban J connectivity index is 1.41. The van der Waals surface area contributed by atoms with Gasteiger partial charge in [0.05, 0.1) is 26.9 Å². The van der Waals surface area contributed by atoms with Gasteiger partial charge in [0.2, 0.25) is 0 Å². The third kappa shape index (κ3) is 6.01. The van der Waals surface area contributed by atoms with Gasteiger partial charge in [0.25, 0.3) is 0 Å². The fourth-order valence-electron chi connectivity index (χ4n) is 3.82. The predicted octanol–water partition coefficient (Wildman–Crippen LogP) is 1.69. The van der Waals surface area contributed by atoms with E-state index in [1.54, 1.807) is 7.11 Å². The summed E-state index contributed by atoms with van der Waals surface area (Å²) in [5.74, 6) is 3.34. The normalized spacial score (nSPS) is 22.2. The van der Waals surface area contributed by atoms with Crippen LogP contribution in [-0.4, -0.2) is 88.5 Å². The van der Waals surface area contributed by atoms with Crippen LogP contribution in [0, 0.1) is 5.92 Å². The van der Waals surface area contributed by atoms with E-state index < -0.39 is 0 Å². The Hall–Kier alpha value is -1.99. The highest BCUT2D eigenvalue weighted by Crippen LogP contribution is 2.19. The molecule has 2 fully saturated rings. The van der Waals surface area contributed by atoms with Crippen LogP contribution in [0.25, 0.3) is 0 Å². The van der Waals surface area contributed by atoms with Crippen molar-refractivity contribution in [3.63, 3.8) is 0 Å². The van der Waals surface area contributed by atoms with Crippen LogP contribution in [0.2, 0.25) is 0 Å². The summed E-state index contributed by atoms with van der Waals surface area (Å²) in [7, 11) is 3.52. The van der Waals surface area contributed by atoms with E-state index in [0.29, 0.717) is 12.5 Å². The van der Waals surface area contributed by atoms with Gasteiger partial charge in [0.1, 0.15) is 17.6 Å². The molecule has 2 saturated heterocycles. The lowest BCUT2D eigenvalue weighted by Gasteiger charge is -2.29. The molecule has 0 amide bonds. The quantitative estimate of drug-likeness (QED) is 0.565. The largest absolute Gasteiger partial charge is 0.497 e. The van der Waals surface area contributed by atoms with Crippen molar-refractivity contribution in [1.82, 2.24) is 15.1 Å². The number of nitrogens with zero attached hydrogens (tertiary/aromatic N) is 3. The molecule has 156 valence electrons. The van der Waals surface area contributed by atoms with Gasteiger partial charge >= 0.3 is 0 Å². The highest BCUT2D eigenvalue weighted by molar-refractivity contribution is 5.80. The minimum atomic E-state index is 0.0388. The highest BCUT2D eigenvalue weighted by Gasteiger charge is 2.27. The van der Waals surface area contributed by atoms with Crippen LogP contribution >= 0.6 is 0 Å². The van der Waals surface area contributed by atoms with Gasteiger partial charge in [-0.2, -0.15) is 0 Å². The van der Waals surface area contributed by atoms with Gasteiger partial charge in [0, 0.05) is 39.8 Å². The number of rotatable bonds is 7. The van der Waals surface area contributed by atoms with Gasteiger partial charge in [-0.25, -0.2) is 0 Å². The molecule has 2 heterocycles. The first-order valence-corrected chi connectivity index (χ1v) is 10.2. The average molecular weight is 391 g/mol. The SMILES string of the molecule is CN=C(NCC(C)Oc1ccc(OC)cc1)N1CCC(CN2CCOCC2)C1. The smallest absolute Gasteiger partial charge is 0.193 e. The number of hydrogen-bond donors (Lipinski definition) is 1. The number of likely N-dealkylation sites (tertiary alicyclic amines) is 1. The van der Waals surface area contributed by atoms with E-state index in [0.717, 1.165) is 63.4 Å². The molecule has 2 aliphatic heterocycles. The standard InChI is InChI=1S/C21H34N4O3/c1-17(28-20-6-4-19(26-3)5-7-20)14-23-21(22-2)25-9-8-18(16-25)15-24-10-12-27-13-11-24/h4-7,17-18H,8-16H2,1-3H3,(H,22,23). The lowest BCUT2D eigenvalue weighted by Crippen LogP contribution is -2.44. The molecule has 0 aromatic heterocycles. The highest BCUT2D eigenvalue weighted by atomic mass is 16.5. The van der Waals surface area contributed by atoms with Gasteiger partial charge in [-0.1, -0.05) is 0 Å². The first kappa shape index (κ1) is 20.7. The van der Waals surface area contributed by atoms with Crippen molar-refractivity contribution in [2.75, 3.05) is 66.6 Å². The van der Waals surface area contributed by atoms with Gasteiger partial charge in [-0.15, -0.1) is 0 Å². The molecule has 3 rings (SSSR count). The molecule has 28 heavy (non-hydrogen) atoms. The second kappa shape index (κ2) is 10.5. The Bertz CT molecular complexity index is 617. The van der Waals surface area contributed by atoms with Crippen molar-refractivity contribution < 1.29 is 14.2 Å². The number of ether oxygens (including phenoxy) is 3. The van der Waals surface area contributed by atoms with Crippen molar-refractivity contribution in [3.05, 3.63) is 24.3 Å². The van der Waals surface area contributed by atoms with Crippen LogP contribution in [0.1, 0.15) is 13.3 Å². The summed E-state index contributed by atoms with van der Waals surface area (Å²) < 4.78 is 16.6. The third-order valence-corrected chi connectivity index (χ3v) is 5.36. The molecule has 7 heteroatoms. The Morgan fingerprint density at radius 1 is 1.21 bits per heavy atom. The summed E-state index contributed by atoms with van der Waals surface area (Å²) in [6.45, 7) is 9.91. The monoisotopic (exact) mass is 390 g/mol. The number of methoxy groups -OCH3 is 1. The summed E-state index contributed by atoms with van der Waals surface area (Å²) in [5.41, 5.74) is 0. The molecule has 0 bridgehead atoms. The maximum atomic E-state index is 5.98. The number of hydrogen-bond acceptors (Lipinski definition) is 5. The maximum absolute atomic E-state index is 5.98. The van der Waals surface area contributed by atoms with Gasteiger partial charge in [-0.05, 0) is 43.5 Å². The number of benzene rings is 1. The Labute approximate surface area is 168 Å². The molecule has 0 aliphatic carbocycles. The first-order chi connectivity index (χ1) is 13.7. The zero-order chi connectivity index (χ0) is 19.8. The zero-order valence-electron chi connectivity index (χ0n) is 17.4. The van der Waals surface area contributed by atoms with Crippen LogP contribution in [0.5, 0.6) is 11.5 Å². The molecule has 1 N–H and O–H groups in total. The molecular formula is C21H34N4O3. The van der Waals surface area contributed by atoms with E-state index in [2.05, 4.69) is 27.0 Å². The van der Waals surface area contributed by atoms with Crippen LogP contribution in [0.15, 0.2) is 29.3 Å². The number of guanidine groups is 1. The van der Waals surface area contributed by atoms with Gasteiger partial charge in [0.15, 0.2) is 5.96 Å². The van der Waals surface area contributed by atoms with E-state index >= 15 is 0 Å². The Kier molecular flexibility index (Phi) is 7.80. The van der Waals surface area contributed by atoms with E-state index in [-0.39, 0.29) is 6.10 Å². The van der Waals surface area contributed by atoms with Crippen molar-refractivity contribution >= 4 is 5.96 Å². The van der Waals surface area contributed by atoms with Crippen molar-refractivity contribution in [2.45, 2.75) is 19.4 Å². The minimum Gasteiger partial charge on any atom is -0.497 e. The van der Waals surface area contributed by atoms with E-state index in [9.17, 15) is 0 Å². The summed E-state index contributed by atoms with van der Waals surface area (Å²) in [6.07, 6.45) is 1.26. The molecule has 1 aromatic rings. The van der Waals surface area contributed by atoms with Crippen molar-refractivity contribution in [1.29, 1.82) is 0 Å². The number of nitrogens with one attached hydrogen (secondary N) is 1. The van der Waals surface area contributed by atoms with Gasteiger partial charge < -0.3 is 24.4 Å².